The molecule has 0 aliphatic carbocycles. The molecule has 0 saturated carbocycles. The highest BCUT2D eigenvalue weighted by atomic mass is 32.2. The standard InChI is InChI=1S/C29H37N3O4S2/c1-23-12-13-27-26(20-23)22-31(2)16-14-25(24-8-4-3-5-9-24)10-6-15-32(17-18-36-27)28(33)21-30-38(34,35)29-11-7-19-37-29/h3-5,7-9,11-13,19-20,25,30H,6,10,14-18,21-22H2,1-2H3. The first-order valence-corrected chi connectivity index (χ1v) is 15.4. The third-order valence-electron chi connectivity index (χ3n) is 6.91. The van der Waals surface area contributed by atoms with Crippen molar-refractivity contribution < 1.29 is 17.9 Å². The maximum atomic E-state index is 13.2. The van der Waals surface area contributed by atoms with E-state index in [0.29, 0.717) is 25.6 Å². The Kier molecular flexibility index (Phi) is 9.96. The number of aryl methyl sites for hydroxylation is 1. The molecule has 1 unspecified atom stereocenters. The number of nitrogens with zero attached hydrogens (tertiary/aromatic N) is 2. The molecule has 204 valence electrons. The largest absolute Gasteiger partial charge is 0.491 e. The van der Waals surface area contributed by atoms with E-state index in [4.69, 9.17) is 4.74 Å². The van der Waals surface area contributed by atoms with Crippen LogP contribution >= 0.6 is 11.3 Å². The highest BCUT2D eigenvalue weighted by Gasteiger charge is 2.21. The quantitative estimate of drug-likeness (QED) is 0.496. The van der Waals surface area contributed by atoms with Gasteiger partial charge >= 0.3 is 0 Å². The number of ether oxygens (including phenoxy) is 1. The summed E-state index contributed by atoms with van der Waals surface area (Å²) >= 11 is 1.13. The molecule has 0 radical (unpaired) electrons. The van der Waals surface area contributed by atoms with Crippen LogP contribution in [0.2, 0.25) is 0 Å². The molecule has 1 N–H and O–H groups in total. The van der Waals surface area contributed by atoms with E-state index < -0.39 is 10.0 Å². The number of rotatable bonds is 5. The summed E-state index contributed by atoms with van der Waals surface area (Å²) in [6.45, 7) is 4.80. The van der Waals surface area contributed by atoms with Gasteiger partial charge in [0, 0.05) is 18.7 Å². The number of hydrogen-bond donors (Lipinski definition) is 1. The molecule has 1 aliphatic heterocycles. The Labute approximate surface area is 230 Å². The van der Waals surface area contributed by atoms with E-state index in [9.17, 15) is 13.2 Å². The highest BCUT2D eigenvalue weighted by molar-refractivity contribution is 7.91. The lowest BCUT2D eigenvalue weighted by Crippen LogP contribution is -2.42. The molecule has 1 aliphatic rings. The molecule has 1 amide bonds. The second kappa shape index (κ2) is 13.4. The fourth-order valence-electron chi connectivity index (χ4n) is 4.83. The summed E-state index contributed by atoms with van der Waals surface area (Å²) in [4.78, 5) is 17.3. The third-order valence-corrected chi connectivity index (χ3v) is 9.71. The first-order valence-electron chi connectivity index (χ1n) is 13.1. The SMILES string of the molecule is Cc1ccc2c(c1)CN(C)CCC(c1ccccc1)CCCN(C(=O)CNS(=O)(=O)c1cccs1)CCO2. The van der Waals surface area contributed by atoms with Crippen molar-refractivity contribution in [3.05, 3.63) is 82.7 Å². The van der Waals surface area contributed by atoms with E-state index in [0.717, 1.165) is 55.0 Å². The molecule has 1 atom stereocenters. The summed E-state index contributed by atoms with van der Waals surface area (Å²) in [5, 5.41) is 1.70. The Hall–Kier alpha value is -2.72. The first kappa shape index (κ1) is 28.3. The number of carbonyl (C=O) groups excluding carboxylic acids is 1. The van der Waals surface area contributed by atoms with Gasteiger partial charge in [-0.15, -0.1) is 11.3 Å². The summed E-state index contributed by atoms with van der Waals surface area (Å²) in [5.41, 5.74) is 3.62. The molecule has 3 aromatic rings. The van der Waals surface area contributed by atoms with Crippen LogP contribution in [0.4, 0.5) is 0 Å². The molecule has 0 spiro atoms. The van der Waals surface area contributed by atoms with E-state index >= 15 is 0 Å². The van der Waals surface area contributed by atoms with Gasteiger partial charge in [-0.25, -0.2) is 13.1 Å². The van der Waals surface area contributed by atoms with Gasteiger partial charge < -0.3 is 14.5 Å². The summed E-state index contributed by atoms with van der Waals surface area (Å²) < 4.78 is 33.9. The van der Waals surface area contributed by atoms with Crippen molar-refractivity contribution >= 4 is 27.3 Å². The van der Waals surface area contributed by atoms with Crippen molar-refractivity contribution in [2.75, 3.05) is 39.8 Å². The number of nitrogens with one attached hydrogen (secondary N) is 1. The van der Waals surface area contributed by atoms with Crippen LogP contribution in [0.15, 0.2) is 70.3 Å². The third kappa shape index (κ3) is 7.89. The molecule has 0 fully saturated rings. The number of carbonyl (C=O) groups is 1. The highest BCUT2D eigenvalue weighted by Crippen LogP contribution is 2.27. The number of fused-ring (bicyclic) bond motifs is 1. The van der Waals surface area contributed by atoms with Gasteiger partial charge in [-0.05, 0) is 68.8 Å². The Morgan fingerprint density at radius 1 is 1.05 bits per heavy atom. The Bertz CT molecular complexity index is 1280. The zero-order chi connectivity index (χ0) is 27.0. The second-order valence-electron chi connectivity index (χ2n) is 9.87. The van der Waals surface area contributed by atoms with E-state index in [-0.39, 0.29) is 16.7 Å². The molecule has 9 heteroatoms. The number of benzene rings is 2. The summed E-state index contributed by atoms with van der Waals surface area (Å²) in [6, 6.07) is 20.0. The van der Waals surface area contributed by atoms with E-state index in [2.05, 4.69) is 53.9 Å². The van der Waals surface area contributed by atoms with Crippen molar-refractivity contribution in [1.29, 1.82) is 0 Å². The van der Waals surface area contributed by atoms with Gasteiger partial charge in [0.1, 0.15) is 16.6 Å². The minimum Gasteiger partial charge on any atom is -0.491 e. The molecular weight excluding hydrogens is 518 g/mol. The van der Waals surface area contributed by atoms with Crippen LogP contribution < -0.4 is 9.46 Å². The van der Waals surface area contributed by atoms with Gasteiger partial charge in [0.15, 0.2) is 0 Å². The molecule has 1 aromatic heterocycles. The lowest BCUT2D eigenvalue weighted by Gasteiger charge is -2.27. The van der Waals surface area contributed by atoms with Crippen molar-refractivity contribution in [3.63, 3.8) is 0 Å². The van der Waals surface area contributed by atoms with Crippen molar-refractivity contribution in [1.82, 2.24) is 14.5 Å². The molecule has 0 saturated heterocycles. The number of amides is 1. The molecule has 4 rings (SSSR count). The zero-order valence-electron chi connectivity index (χ0n) is 22.1. The minimum absolute atomic E-state index is 0.206. The van der Waals surface area contributed by atoms with Crippen LogP contribution in [0.3, 0.4) is 0 Å². The van der Waals surface area contributed by atoms with Crippen molar-refractivity contribution in [2.45, 2.75) is 42.9 Å². The zero-order valence-corrected chi connectivity index (χ0v) is 23.8. The van der Waals surface area contributed by atoms with Gasteiger partial charge in [-0.1, -0.05) is 54.1 Å². The minimum atomic E-state index is -3.71. The van der Waals surface area contributed by atoms with Gasteiger partial charge in [0.25, 0.3) is 10.0 Å². The molecule has 0 bridgehead atoms. The van der Waals surface area contributed by atoms with Crippen LogP contribution in [-0.4, -0.2) is 64.0 Å². The van der Waals surface area contributed by atoms with E-state index in [1.807, 2.05) is 18.2 Å². The van der Waals surface area contributed by atoms with Crippen LogP contribution in [0.5, 0.6) is 5.75 Å². The summed E-state index contributed by atoms with van der Waals surface area (Å²) in [7, 11) is -1.56. The topological polar surface area (TPSA) is 79.0 Å². The molecule has 38 heavy (non-hydrogen) atoms. The van der Waals surface area contributed by atoms with Gasteiger partial charge in [-0.3, -0.25) is 4.79 Å². The smallest absolute Gasteiger partial charge is 0.250 e. The van der Waals surface area contributed by atoms with Crippen molar-refractivity contribution in [3.8, 4) is 5.75 Å². The number of sulfonamides is 1. The monoisotopic (exact) mass is 555 g/mol. The average molecular weight is 556 g/mol. The average Bonchev–Trinajstić information content (AvgIpc) is 3.46. The van der Waals surface area contributed by atoms with Crippen LogP contribution in [-0.2, 0) is 21.4 Å². The Morgan fingerprint density at radius 3 is 2.63 bits per heavy atom. The van der Waals surface area contributed by atoms with Gasteiger partial charge in [-0.2, -0.15) is 0 Å². The lowest BCUT2D eigenvalue weighted by molar-refractivity contribution is -0.130. The van der Waals surface area contributed by atoms with Crippen LogP contribution in [0, 0.1) is 6.92 Å². The normalized spacial score (nSPS) is 18.3. The second-order valence-corrected chi connectivity index (χ2v) is 12.8. The summed E-state index contributed by atoms with van der Waals surface area (Å²) in [5.74, 6) is 0.954. The molecular formula is C29H37N3O4S2. The number of hydrogen-bond acceptors (Lipinski definition) is 6. The van der Waals surface area contributed by atoms with E-state index in [1.165, 1.54) is 17.2 Å². The molecule has 2 heterocycles. The van der Waals surface area contributed by atoms with E-state index in [1.54, 1.807) is 16.3 Å². The summed E-state index contributed by atoms with van der Waals surface area (Å²) in [6.07, 6.45) is 2.78. The number of thiophene rings is 1. The maximum Gasteiger partial charge on any atom is 0.250 e. The predicted molar refractivity (Wildman–Crippen MR) is 152 cm³/mol. The maximum absolute atomic E-state index is 13.2. The van der Waals surface area contributed by atoms with Crippen LogP contribution in [0.1, 0.15) is 41.9 Å². The lowest BCUT2D eigenvalue weighted by atomic mass is 9.91. The predicted octanol–water partition coefficient (Wildman–Crippen LogP) is 4.64. The fourth-order valence-corrected chi connectivity index (χ4v) is 6.85. The van der Waals surface area contributed by atoms with Crippen LogP contribution in [0.25, 0.3) is 0 Å². The Balaban J connectivity index is 1.50. The molecule has 2 aromatic carbocycles. The Morgan fingerprint density at radius 2 is 1.87 bits per heavy atom. The van der Waals surface area contributed by atoms with Gasteiger partial charge in [0.2, 0.25) is 5.91 Å². The molecule has 7 nitrogen and oxygen atoms in total. The van der Waals surface area contributed by atoms with Gasteiger partial charge in [0.05, 0.1) is 13.1 Å². The fraction of sp³-hybridized carbons (Fsp3) is 0.414. The first-order chi connectivity index (χ1) is 18.3. The van der Waals surface area contributed by atoms with Crippen molar-refractivity contribution in [2.24, 2.45) is 0 Å².